The Morgan fingerprint density at radius 3 is 2.81 bits per heavy atom. The van der Waals surface area contributed by atoms with E-state index in [4.69, 9.17) is 11.1 Å². The molecule has 1 heterocycles. The van der Waals surface area contributed by atoms with Crippen molar-refractivity contribution in [1.82, 2.24) is 4.98 Å². The first-order chi connectivity index (χ1) is 10.1. The number of aromatic nitrogens is 1. The minimum Gasteiger partial charge on any atom is -0.384 e. The van der Waals surface area contributed by atoms with Gasteiger partial charge in [0.25, 0.3) is 0 Å². The molecule has 3 N–H and O–H groups in total. The van der Waals surface area contributed by atoms with E-state index < -0.39 is 0 Å². The number of anilines is 2. The number of halogens is 1. The predicted octanol–water partition coefficient (Wildman–Crippen LogP) is 2.76. The van der Waals surface area contributed by atoms with Gasteiger partial charge in [-0.3, -0.25) is 5.41 Å². The molecule has 0 spiro atoms. The molecule has 0 radical (unpaired) electrons. The highest BCUT2D eigenvalue weighted by Gasteiger charge is 2.21. The Labute approximate surface area is 122 Å². The maximum Gasteiger partial charge on any atom is 0.146 e. The highest BCUT2D eigenvalue weighted by molar-refractivity contribution is 6.00. The van der Waals surface area contributed by atoms with Crippen molar-refractivity contribution in [3.05, 3.63) is 53.0 Å². The van der Waals surface area contributed by atoms with Crippen molar-refractivity contribution in [3.8, 4) is 0 Å². The number of hydrogen-bond donors (Lipinski definition) is 2. The van der Waals surface area contributed by atoms with Crippen LogP contribution in [0.4, 0.5) is 15.9 Å². The number of amidine groups is 1. The van der Waals surface area contributed by atoms with Crippen molar-refractivity contribution in [1.29, 1.82) is 5.41 Å². The number of para-hydroxylation sites is 1. The minimum absolute atomic E-state index is 0.0459. The topological polar surface area (TPSA) is 66.0 Å². The first-order valence-corrected chi connectivity index (χ1v) is 6.93. The molecule has 0 unspecified atom stereocenters. The van der Waals surface area contributed by atoms with Gasteiger partial charge in [-0.05, 0) is 43.0 Å². The Kier molecular flexibility index (Phi) is 3.33. The van der Waals surface area contributed by atoms with Crippen molar-refractivity contribution in [2.24, 2.45) is 5.73 Å². The van der Waals surface area contributed by atoms with Crippen LogP contribution in [0.15, 0.2) is 30.3 Å². The lowest BCUT2D eigenvalue weighted by Crippen LogP contribution is -2.21. The van der Waals surface area contributed by atoms with Crippen molar-refractivity contribution >= 4 is 17.3 Å². The first kappa shape index (κ1) is 13.5. The van der Waals surface area contributed by atoms with Crippen molar-refractivity contribution in [3.63, 3.8) is 0 Å². The zero-order valence-corrected chi connectivity index (χ0v) is 11.9. The summed E-state index contributed by atoms with van der Waals surface area (Å²) in [4.78, 5) is 6.29. The average Bonchev–Trinajstić information content (AvgIpc) is 2.93. The van der Waals surface area contributed by atoms with Crippen LogP contribution in [-0.2, 0) is 12.8 Å². The maximum atomic E-state index is 14.0. The Bertz CT molecular complexity index is 711. The molecule has 5 heteroatoms. The zero-order chi connectivity index (χ0) is 15.0. The lowest BCUT2D eigenvalue weighted by atomic mass is 10.1. The van der Waals surface area contributed by atoms with E-state index in [1.165, 1.54) is 6.07 Å². The second kappa shape index (κ2) is 5.16. The number of aryl methyl sites for hydroxylation is 2. The molecule has 0 saturated carbocycles. The number of hydrogen-bond acceptors (Lipinski definition) is 3. The van der Waals surface area contributed by atoms with Gasteiger partial charge in [0.1, 0.15) is 17.5 Å². The molecule has 4 nitrogen and oxygen atoms in total. The highest BCUT2D eigenvalue weighted by atomic mass is 19.1. The van der Waals surface area contributed by atoms with Gasteiger partial charge in [0, 0.05) is 12.7 Å². The number of benzene rings is 1. The molecule has 108 valence electrons. The second-order valence-electron chi connectivity index (χ2n) is 5.24. The van der Waals surface area contributed by atoms with E-state index in [9.17, 15) is 4.39 Å². The Morgan fingerprint density at radius 1 is 1.33 bits per heavy atom. The normalized spacial score (nSPS) is 13.0. The van der Waals surface area contributed by atoms with Gasteiger partial charge in [0.05, 0.1) is 11.3 Å². The molecule has 0 fully saturated rings. The summed E-state index contributed by atoms with van der Waals surface area (Å²) in [5.41, 5.74) is 8.83. The molecule has 2 aromatic rings. The van der Waals surface area contributed by atoms with Gasteiger partial charge in [-0.25, -0.2) is 9.37 Å². The number of nitrogens with two attached hydrogens (primary N) is 1. The molecule has 3 rings (SSSR count). The minimum atomic E-state index is -0.322. The lowest BCUT2D eigenvalue weighted by molar-refractivity contribution is 0.627. The van der Waals surface area contributed by atoms with Gasteiger partial charge in [0.2, 0.25) is 0 Å². The van der Waals surface area contributed by atoms with Crippen LogP contribution in [0.25, 0.3) is 0 Å². The van der Waals surface area contributed by atoms with Crippen LogP contribution < -0.4 is 10.6 Å². The Balaban J connectivity index is 2.13. The van der Waals surface area contributed by atoms with E-state index in [2.05, 4.69) is 4.98 Å². The number of rotatable bonds is 3. The van der Waals surface area contributed by atoms with Crippen LogP contribution in [0.1, 0.15) is 23.2 Å². The van der Waals surface area contributed by atoms with Crippen LogP contribution in [0.3, 0.4) is 0 Å². The number of nitrogens with zero attached hydrogens (tertiary/aromatic N) is 2. The summed E-state index contributed by atoms with van der Waals surface area (Å²) in [5.74, 6) is 0.167. The summed E-state index contributed by atoms with van der Waals surface area (Å²) in [6, 6.07) is 8.44. The third-order valence-corrected chi connectivity index (χ3v) is 3.85. The van der Waals surface area contributed by atoms with Gasteiger partial charge in [-0.1, -0.05) is 12.1 Å². The second-order valence-corrected chi connectivity index (χ2v) is 5.24. The fourth-order valence-corrected chi connectivity index (χ4v) is 2.75. The van der Waals surface area contributed by atoms with E-state index in [1.54, 1.807) is 30.1 Å². The summed E-state index contributed by atoms with van der Waals surface area (Å²) < 4.78 is 14.0. The van der Waals surface area contributed by atoms with Crippen molar-refractivity contribution in [2.75, 3.05) is 11.9 Å². The van der Waals surface area contributed by atoms with Crippen LogP contribution in [0.2, 0.25) is 0 Å². The van der Waals surface area contributed by atoms with E-state index in [1.807, 2.05) is 6.07 Å². The fourth-order valence-electron chi connectivity index (χ4n) is 2.75. The molecular weight excluding hydrogens is 267 g/mol. The van der Waals surface area contributed by atoms with Crippen LogP contribution in [0, 0.1) is 11.2 Å². The third-order valence-electron chi connectivity index (χ3n) is 3.85. The van der Waals surface area contributed by atoms with Gasteiger partial charge in [-0.15, -0.1) is 0 Å². The largest absolute Gasteiger partial charge is 0.384 e. The molecule has 1 aromatic heterocycles. The predicted molar refractivity (Wildman–Crippen MR) is 81.7 cm³/mol. The van der Waals surface area contributed by atoms with E-state index in [-0.39, 0.29) is 11.7 Å². The fraction of sp³-hybridized carbons (Fsp3) is 0.250. The summed E-state index contributed by atoms with van der Waals surface area (Å²) in [5, 5.41) is 7.77. The van der Waals surface area contributed by atoms with Crippen LogP contribution in [-0.4, -0.2) is 17.9 Å². The molecule has 0 saturated heterocycles. The maximum absolute atomic E-state index is 14.0. The molecule has 0 bridgehead atoms. The quantitative estimate of drug-likeness (QED) is 0.673. The van der Waals surface area contributed by atoms with Gasteiger partial charge in [-0.2, -0.15) is 0 Å². The zero-order valence-electron chi connectivity index (χ0n) is 11.9. The standard InChI is InChI=1S/C16H17FN4/c1-21(14-8-3-2-6-12(14)17)16-11(15(18)19)9-10-5-4-7-13(10)20-16/h2-3,6,8-9H,4-5,7H2,1H3,(H3,18,19). The first-order valence-electron chi connectivity index (χ1n) is 6.93. The van der Waals surface area contributed by atoms with Gasteiger partial charge >= 0.3 is 0 Å². The molecular formula is C16H17FN4. The summed E-state index contributed by atoms with van der Waals surface area (Å²) in [7, 11) is 1.74. The lowest BCUT2D eigenvalue weighted by Gasteiger charge is -2.22. The molecule has 21 heavy (non-hydrogen) atoms. The van der Waals surface area contributed by atoms with E-state index >= 15 is 0 Å². The van der Waals surface area contributed by atoms with Crippen molar-refractivity contribution in [2.45, 2.75) is 19.3 Å². The molecule has 0 amide bonds. The molecule has 1 aliphatic carbocycles. The number of fused-ring (bicyclic) bond motifs is 1. The molecule has 1 aromatic carbocycles. The van der Waals surface area contributed by atoms with Crippen molar-refractivity contribution < 1.29 is 4.39 Å². The molecule has 0 aliphatic heterocycles. The van der Waals surface area contributed by atoms with E-state index in [0.717, 1.165) is 30.5 Å². The van der Waals surface area contributed by atoms with Crippen LogP contribution in [0.5, 0.6) is 0 Å². The van der Waals surface area contributed by atoms with Gasteiger partial charge < -0.3 is 10.6 Å². The summed E-state index contributed by atoms with van der Waals surface area (Å²) in [6.07, 6.45) is 2.95. The summed E-state index contributed by atoms with van der Waals surface area (Å²) >= 11 is 0. The van der Waals surface area contributed by atoms with Crippen LogP contribution >= 0.6 is 0 Å². The Morgan fingerprint density at radius 2 is 2.10 bits per heavy atom. The SMILES string of the molecule is CN(c1ccccc1F)c1nc2c(cc1C(=N)N)CCC2. The average molecular weight is 284 g/mol. The third kappa shape index (κ3) is 2.35. The van der Waals surface area contributed by atoms with E-state index in [0.29, 0.717) is 17.1 Å². The molecule has 0 atom stereocenters. The highest BCUT2D eigenvalue weighted by Crippen LogP contribution is 2.31. The monoisotopic (exact) mass is 284 g/mol. The van der Waals surface area contributed by atoms with Gasteiger partial charge in [0.15, 0.2) is 0 Å². The molecule has 1 aliphatic rings. The number of nitrogen functional groups attached to an aromatic ring is 1. The number of pyridine rings is 1. The number of nitrogens with one attached hydrogen (secondary N) is 1. The Hall–Kier alpha value is -2.43. The summed E-state index contributed by atoms with van der Waals surface area (Å²) in [6.45, 7) is 0. The smallest absolute Gasteiger partial charge is 0.146 e.